The van der Waals surface area contributed by atoms with E-state index in [4.69, 9.17) is 9.72 Å². The van der Waals surface area contributed by atoms with Crippen molar-refractivity contribution in [3.05, 3.63) is 82.9 Å². The minimum Gasteiger partial charge on any atom is -0.381 e. The summed E-state index contributed by atoms with van der Waals surface area (Å²) in [7, 11) is -1.68. The molecule has 1 atom stereocenters. The lowest BCUT2D eigenvalue weighted by molar-refractivity contribution is 0.0549. The lowest BCUT2D eigenvalue weighted by Gasteiger charge is -2.33. The van der Waals surface area contributed by atoms with E-state index in [-0.39, 0.29) is 28.2 Å². The van der Waals surface area contributed by atoms with Gasteiger partial charge in [-0.3, -0.25) is 4.79 Å². The minimum atomic E-state index is -3.53. The zero-order chi connectivity index (χ0) is 26.4. The highest BCUT2D eigenvalue weighted by atomic mass is 32.2. The summed E-state index contributed by atoms with van der Waals surface area (Å²) in [4.78, 5) is 20.8. The number of aryl methyl sites for hydroxylation is 1. The third-order valence-electron chi connectivity index (χ3n) is 7.67. The van der Waals surface area contributed by atoms with Gasteiger partial charge in [-0.25, -0.2) is 13.4 Å². The molecule has 0 aliphatic carbocycles. The van der Waals surface area contributed by atoms with E-state index in [1.807, 2.05) is 48.1 Å². The van der Waals surface area contributed by atoms with Crippen LogP contribution < -0.4 is 5.56 Å². The van der Waals surface area contributed by atoms with Gasteiger partial charge in [-0.1, -0.05) is 43.3 Å². The Bertz CT molecular complexity index is 1800. The summed E-state index contributed by atoms with van der Waals surface area (Å²) in [5.74, 6) is 0.891. The van der Waals surface area contributed by atoms with Crippen LogP contribution in [0.3, 0.4) is 0 Å². The third kappa shape index (κ3) is 3.97. The number of ether oxygens (including phenoxy) is 1. The number of hydrogen-bond donors (Lipinski definition) is 1. The molecule has 4 heterocycles. The lowest BCUT2D eigenvalue weighted by atomic mass is 9.86. The number of fused-ring (bicyclic) bond motifs is 2. The van der Waals surface area contributed by atoms with Crippen LogP contribution in [0, 0.1) is 5.92 Å². The van der Waals surface area contributed by atoms with Gasteiger partial charge in [0.25, 0.3) is 5.56 Å². The van der Waals surface area contributed by atoms with Crippen molar-refractivity contribution in [1.82, 2.24) is 19.1 Å². The van der Waals surface area contributed by atoms with E-state index in [1.165, 1.54) is 0 Å². The predicted octanol–water partition coefficient (Wildman–Crippen LogP) is 4.69. The van der Waals surface area contributed by atoms with Gasteiger partial charge in [-0.2, -0.15) is 0 Å². The van der Waals surface area contributed by atoms with Crippen molar-refractivity contribution in [2.45, 2.75) is 30.7 Å². The Balaban J connectivity index is 1.73. The number of para-hydroxylation sites is 1. The third-order valence-corrected chi connectivity index (χ3v) is 9.43. The quantitative estimate of drug-likeness (QED) is 0.343. The van der Waals surface area contributed by atoms with Crippen molar-refractivity contribution in [2.75, 3.05) is 19.0 Å². The van der Waals surface area contributed by atoms with Crippen LogP contribution in [0.2, 0.25) is 0 Å². The summed E-state index contributed by atoms with van der Waals surface area (Å²) in [5.41, 5.74) is 3.50. The summed E-state index contributed by atoms with van der Waals surface area (Å²) in [5, 5.41) is 0.770. The first-order valence-electron chi connectivity index (χ1n) is 12.9. The fourth-order valence-corrected chi connectivity index (χ4v) is 6.87. The molecule has 0 spiro atoms. The number of rotatable bonds is 6. The van der Waals surface area contributed by atoms with Crippen molar-refractivity contribution < 1.29 is 13.2 Å². The van der Waals surface area contributed by atoms with Crippen LogP contribution in [0.25, 0.3) is 33.3 Å². The molecule has 8 nitrogen and oxygen atoms in total. The topological polar surface area (TPSA) is 99.0 Å². The molecule has 0 amide bonds. The van der Waals surface area contributed by atoms with Gasteiger partial charge in [0.1, 0.15) is 16.9 Å². The highest BCUT2D eigenvalue weighted by molar-refractivity contribution is 7.91. The number of imidazole rings is 1. The number of aromatic amines is 1. The van der Waals surface area contributed by atoms with Crippen LogP contribution in [-0.2, 0) is 21.6 Å². The molecule has 3 aromatic heterocycles. The summed E-state index contributed by atoms with van der Waals surface area (Å²) in [6.45, 7) is 3.00. The standard InChI is InChI=1S/C29H30N4O4S/c1-3-38(35,36)24-11-7-10-23-25(24)31-28(22-18-32(2)27-21(22)12-15-30-29(27)34)33(23)26(19-8-5-4-6-9-19)20-13-16-37-17-14-20/h4-12,15,18,20,26H,3,13-14,16-17H2,1-2H3,(H,30,34). The summed E-state index contributed by atoms with van der Waals surface area (Å²) in [6.07, 6.45) is 5.31. The maximum Gasteiger partial charge on any atom is 0.272 e. The van der Waals surface area contributed by atoms with Crippen molar-refractivity contribution in [2.24, 2.45) is 13.0 Å². The van der Waals surface area contributed by atoms with Gasteiger partial charge in [0.15, 0.2) is 9.84 Å². The zero-order valence-electron chi connectivity index (χ0n) is 21.4. The van der Waals surface area contributed by atoms with Crippen LogP contribution in [0.4, 0.5) is 0 Å². The Morgan fingerprint density at radius 1 is 1.08 bits per heavy atom. The molecule has 9 heteroatoms. The number of hydrogen-bond acceptors (Lipinski definition) is 5. The molecule has 1 fully saturated rings. The van der Waals surface area contributed by atoms with E-state index < -0.39 is 9.84 Å². The van der Waals surface area contributed by atoms with E-state index in [2.05, 4.69) is 21.7 Å². The number of nitrogens with one attached hydrogen (secondary N) is 1. The first-order valence-corrected chi connectivity index (χ1v) is 14.6. The van der Waals surface area contributed by atoms with E-state index in [0.29, 0.717) is 30.1 Å². The average molecular weight is 531 g/mol. The van der Waals surface area contributed by atoms with Crippen molar-refractivity contribution in [3.63, 3.8) is 0 Å². The normalized spacial score (nSPS) is 15.8. The molecule has 196 valence electrons. The van der Waals surface area contributed by atoms with Crippen LogP contribution in [0.15, 0.2) is 76.7 Å². The molecule has 5 aromatic rings. The summed E-state index contributed by atoms with van der Waals surface area (Å²) < 4.78 is 36.0. The number of H-pyrrole nitrogens is 1. The number of aromatic nitrogens is 4. The highest BCUT2D eigenvalue weighted by Crippen LogP contribution is 2.42. The molecule has 6 rings (SSSR count). The number of nitrogens with zero attached hydrogens (tertiary/aromatic N) is 3. The van der Waals surface area contributed by atoms with Gasteiger partial charge < -0.3 is 18.9 Å². The van der Waals surface area contributed by atoms with Gasteiger partial charge in [0.05, 0.1) is 22.2 Å². The lowest BCUT2D eigenvalue weighted by Crippen LogP contribution is -2.27. The highest BCUT2D eigenvalue weighted by Gasteiger charge is 2.33. The van der Waals surface area contributed by atoms with Gasteiger partial charge in [-0.15, -0.1) is 0 Å². The molecule has 0 bridgehead atoms. The Kier molecular flexibility index (Phi) is 6.20. The fraction of sp³-hybridized carbons (Fsp3) is 0.310. The van der Waals surface area contributed by atoms with Gasteiger partial charge in [-0.05, 0) is 42.5 Å². The molecular weight excluding hydrogens is 500 g/mol. The van der Waals surface area contributed by atoms with Crippen LogP contribution >= 0.6 is 0 Å². The molecule has 1 aliphatic rings. The van der Waals surface area contributed by atoms with Gasteiger partial charge in [0, 0.05) is 43.6 Å². The fourth-order valence-electron chi connectivity index (χ4n) is 5.83. The Labute approximate surface area is 220 Å². The molecular formula is C29H30N4O4S. The van der Waals surface area contributed by atoms with Crippen molar-refractivity contribution >= 4 is 31.8 Å². The molecule has 0 radical (unpaired) electrons. The molecule has 1 saturated heterocycles. The first-order chi connectivity index (χ1) is 18.4. The van der Waals surface area contributed by atoms with Crippen molar-refractivity contribution in [3.8, 4) is 11.4 Å². The van der Waals surface area contributed by atoms with Crippen LogP contribution in [0.1, 0.15) is 31.4 Å². The maximum atomic E-state index is 13.2. The van der Waals surface area contributed by atoms with Gasteiger partial charge in [0.2, 0.25) is 0 Å². The SMILES string of the molecule is CCS(=O)(=O)c1cccc2c1nc(-c1cn(C)c3c(=O)[nH]ccc13)n2C(c1ccccc1)C1CCOCC1. The van der Waals surface area contributed by atoms with Crippen LogP contribution in [-0.4, -0.2) is 46.5 Å². The number of benzene rings is 2. The molecule has 1 N–H and O–H groups in total. The van der Waals surface area contributed by atoms with Gasteiger partial charge >= 0.3 is 0 Å². The second-order valence-electron chi connectivity index (χ2n) is 9.86. The smallest absolute Gasteiger partial charge is 0.272 e. The Morgan fingerprint density at radius 2 is 1.84 bits per heavy atom. The average Bonchev–Trinajstić information content (AvgIpc) is 3.48. The largest absolute Gasteiger partial charge is 0.381 e. The molecule has 1 unspecified atom stereocenters. The van der Waals surface area contributed by atoms with Crippen LogP contribution in [0.5, 0.6) is 0 Å². The zero-order valence-corrected chi connectivity index (χ0v) is 22.2. The van der Waals surface area contributed by atoms with E-state index in [9.17, 15) is 13.2 Å². The first kappa shape index (κ1) is 24.6. The second-order valence-corrected chi connectivity index (χ2v) is 12.1. The maximum absolute atomic E-state index is 13.2. The van der Waals surface area contributed by atoms with E-state index in [0.717, 1.165) is 34.9 Å². The number of sulfone groups is 1. The van der Waals surface area contributed by atoms with E-state index >= 15 is 0 Å². The Morgan fingerprint density at radius 3 is 2.58 bits per heavy atom. The van der Waals surface area contributed by atoms with E-state index in [1.54, 1.807) is 25.3 Å². The predicted molar refractivity (Wildman–Crippen MR) is 148 cm³/mol. The van der Waals surface area contributed by atoms with Crippen molar-refractivity contribution in [1.29, 1.82) is 0 Å². The minimum absolute atomic E-state index is 0.0139. The number of pyridine rings is 1. The molecule has 0 saturated carbocycles. The molecule has 2 aromatic carbocycles. The molecule has 1 aliphatic heterocycles. The molecule has 38 heavy (non-hydrogen) atoms. The summed E-state index contributed by atoms with van der Waals surface area (Å²) >= 11 is 0. The second kappa shape index (κ2) is 9.56. The summed E-state index contributed by atoms with van der Waals surface area (Å²) in [6, 6.07) is 17.5. The monoisotopic (exact) mass is 530 g/mol. The Hall–Kier alpha value is -3.69.